The number of hydrogen-bond acceptors (Lipinski definition) is 2. The molecular formula is C7H7N2P. The first kappa shape index (κ1) is 5.87. The zero-order valence-electron chi connectivity index (χ0n) is 5.63. The van der Waals surface area contributed by atoms with Crippen LogP contribution in [0.4, 0.5) is 0 Å². The molecule has 0 aliphatic rings. The van der Waals surface area contributed by atoms with Gasteiger partial charge in [-0.3, -0.25) is 0 Å². The molecule has 0 aliphatic heterocycles. The quantitative estimate of drug-likeness (QED) is 0.573. The molecule has 0 fully saturated rings. The lowest BCUT2D eigenvalue weighted by molar-refractivity contribution is 1.16. The van der Waals surface area contributed by atoms with E-state index < -0.39 is 0 Å². The highest BCUT2D eigenvalue weighted by atomic mass is 31.0. The van der Waals surface area contributed by atoms with Gasteiger partial charge >= 0.3 is 0 Å². The maximum Gasteiger partial charge on any atom is 0.116 e. The van der Waals surface area contributed by atoms with Gasteiger partial charge in [-0.25, -0.2) is 9.97 Å². The van der Waals surface area contributed by atoms with Gasteiger partial charge < -0.3 is 0 Å². The van der Waals surface area contributed by atoms with Crippen LogP contribution in [0.5, 0.6) is 0 Å². The Labute approximate surface area is 60.4 Å². The van der Waals surface area contributed by atoms with Crippen molar-refractivity contribution in [1.82, 2.24) is 9.97 Å². The molecule has 0 N–H and O–H groups in total. The molecule has 0 aromatic carbocycles. The third-order valence-corrected chi connectivity index (χ3v) is 2.77. The van der Waals surface area contributed by atoms with Crippen molar-refractivity contribution in [2.75, 3.05) is 0 Å². The lowest BCUT2D eigenvalue weighted by Crippen LogP contribution is -1.80. The maximum atomic E-state index is 4.13. The van der Waals surface area contributed by atoms with Gasteiger partial charge in [-0.15, -0.1) is 8.19 Å². The minimum Gasteiger partial charge on any atom is -0.241 e. The smallest absolute Gasteiger partial charge is 0.116 e. The molecule has 0 bridgehead atoms. The van der Waals surface area contributed by atoms with Gasteiger partial charge in [-0.05, 0) is 18.8 Å². The fourth-order valence-corrected chi connectivity index (χ4v) is 1.98. The summed E-state index contributed by atoms with van der Waals surface area (Å²) in [5.74, 6) is 2.15. The summed E-state index contributed by atoms with van der Waals surface area (Å²) in [5, 5.41) is 1.31. The predicted octanol–water partition coefficient (Wildman–Crippen LogP) is 1.97. The van der Waals surface area contributed by atoms with Crippen molar-refractivity contribution in [3.05, 3.63) is 23.9 Å². The number of rotatable bonds is 0. The molecule has 2 rings (SSSR count). The Hall–Kier alpha value is -0.880. The number of fused-ring (bicyclic) bond motifs is 1. The Morgan fingerprint density at radius 3 is 3.10 bits per heavy atom. The second kappa shape index (κ2) is 2.06. The third-order valence-electron chi connectivity index (χ3n) is 1.54. The molecule has 1 atom stereocenters. The Bertz CT molecular complexity index is 353. The van der Waals surface area contributed by atoms with E-state index in [1.165, 1.54) is 5.12 Å². The first-order valence-electron chi connectivity index (χ1n) is 3.12. The molecule has 0 amide bonds. The molecule has 0 radical (unpaired) electrons. The average molecular weight is 150 g/mol. The summed E-state index contributed by atoms with van der Waals surface area (Å²) in [6, 6.07) is 2.06. The highest BCUT2D eigenvalue weighted by Crippen LogP contribution is 2.24. The van der Waals surface area contributed by atoms with Gasteiger partial charge in [-0.1, -0.05) is 0 Å². The fraction of sp³-hybridized carbons (Fsp3) is 0.143. The highest BCUT2D eigenvalue weighted by Gasteiger charge is 1.96. The fourth-order valence-electron chi connectivity index (χ4n) is 1.00. The van der Waals surface area contributed by atoms with Crippen LogP contribution < -0.4 is 0 Å². The summed E-state index contributed by atoms with van der Waals surface area (Å²) < 4.78 is 0. The first-order valence-corrected chi connectivity index (χ1v) is 4.20. The molecule has 2 nitrogen and oxygen atoms in total. The van der Waals surface area contributed by atoms with E-state index in [1.54, 1.807) is 6.33 Å². The Balaban J connectivity index is 2.95. The summed E-state index contributed by atoms with van der Waals surface area (Å²) in [7, 11) is 0.773. The molecule has 2 aromatic heterocycles. The number of nitrogens with zero attached hydrogens (tertiary/aromatic N) is 2. The highest BCUT2D eigenvalue weighted by molar-refractivity contribution is 7.36. The van der Waals surface area contributed by atoms with Crippen LogP contribution in [-0.2, 0) is 0 Å². The van der Waals surface area contributed by atoms with E-state index >= 15 is 0 Å². The maximum absolute atomic E-state index is 4.13. The lowest BCUT2D eigenvalue weighted by atomic mass is 10.4. The molecule has 2 aromatic rings. The monoisotopic (exact) mass is 150 g/mol. The van der Waals surface area contributed by atoms with E-state index in [0.29, 0.717) is 0 Å². The molecule has 0 aliphatic carbocycles. The van der Waals surface area contributed by atoms with Gasteiger partial charge in [0.2, 0.25) is 0 Å². The van der Waals surface area contributed by atoms with Gasteiger partial charge in [0.25, 0.3) is 0 Å². The summed E-state index contributed by atoms with van der Waals surface area (Å²) in [4.78, 5) is 8.24. The van der Waals surface area contributed by atoms with E-state index in [1.807, 2.05) is 6.92 Å². The molecule has 10 heavy (non-hydrogen) atoms. The van der Waals surface area contributed by atoms with Crippen LogP contribution in [0.3, 0.4) is 0 Å². The largest absolute Gasteiger partial charge is 0.241 e. The third kappa shape index (κ3) is 0.729. The van der Waals surface area contributed by atoms with E-state index in [-0.39, 0.29) is 0 Å². The van der Waals surface area contributed by atoms with Crippen LogP contribution >= 0.6 is 8.19 Å². The zero-order chi connectivity index (χ0) is 6.97. The molecule has 3 heteroatoms. The molecule has 0 spiro atoms. The normalized spacial score (nSPS) is 11.3. The van der Waals surface area contributed by atoms with Gasteiger partial charge in [0.1, 0.15) is 6.33 Å². The van der Waals surface area contributed by atoms with Crippen molar-refractivity contribution in [3.8, 4) is 0 Å². The second-order valence-electron chi connectivity index (χ2n) is 2.20. The first-order chi connectivity index (χ1) is 4.88. The summed E-state index contributed by atoms with van der Waals surface area (Å²) in [5.41, 5.74) is 2.22. The van der Waals surface area contributed by atoms with E-state index in [9.17, 15) is 0 Å². The van der Waals surface area contributed by atoms with Crippen molar-refractivity contribution in [1.29, 1.82) is 0 Å². The number of aryl methyl sites for hydroxylation is 1. The van der Waals surface area contributed by atoms with Crippen molar-refractivity contribution >= 4 is 18.8 Å². The van der Waals surface area contributed by atoms with Gasteiger partial charge in [-0.2, -0.15) is 0 Å². The summed E-state index contributed by atoms with van der Waals surface area (Å²) in [6.07, 6.45) is 1.62. The van der Waals surface area contributed by atoms with E-state index in [4.69, 9.17) is 0 Å². The van der Waals surface area contributed by atoms with Crippen LogP contribution in [0.1, 0.15) is 5.69 Å². The SMILES string of the molecule is Cc1ncnc2cc[pH]c12. The minimum atomic E-state index is 0.773. The number of hydrogen-bond donors (Lipinski definition) is 0. The van der Waals surface area contributed by atoms with Gasteiger partial charge in [0.05, 0.1) is 11.2 Å². The average Bonchev–Trinajstić information content (AvgIpc) is 2.36. The Morgan fingerprint density at radius 2 is 2.30 bits per heavy atom. The molecule has 0 saturated carbocycles. The summed E-state index contributed by atoms with van der Waals surface area (Å²) in [6.45, 7) is 2.03. The minimum absolute atomic E-state index is 0.773. The zero-order valence-corrected chi connectivity index (χ0v) is 6.63. The number of aromatic nitrogens is 2. The van der Waals surface area contributed by atoms with Crippen molar-refractivity contribution in [3.63, 3.8) is 0 Å². The lowest BCUT2D eigenvalue weighted by Gasteiger charge is -1.90. The van der Waals surface area contributed by atoms with Crippen LogP contribution in [0.2, 0.25) is 0 Å². The van der Waals surface area contributed by atoms with Crippen molar-refractivity contribution < 1.29 is 0 Å². The predicted molar refractivity (Wildman–Crippen MR) is 43.8 cm³/mol. The van der Waals surface area contributed by atoms with Crippen molar-refractivity contribution in [2.24, 2.45) is 0 Å². The topological polar surface area (TPSA) is 25.8 Å². The molecule has 50 valence electrons. The molecule has 0 saturated heterocycles. The van der Waals surface area contributed by atoms with Crippen LogP contribution in [0.25, 0.3) is 10.6 Å². The van der Waals surface area contributed by atoms with Crippen molar-refractivity contribution in [2.45, 2.75) is 6.92 Å². The molecule has 1 unspecified atom stereocenters. The van der Waals surface area contributed by atoms with E-state index in [0.717, 1.165) is 19.4 Å². The molecular weight excluding hydrogens is 143 g/mol. The standard InChI is InChI=1S/C7H7N2P/c1-5-7-6(2-3-10-7)9-4-8-5/h2-4,10H,1H3. The Kier molecular flexibility index (Phi) is 1.21. The van der Waals surface area contributed by atoms with Crippen LogP contribution in [0.15, 0.2) is 18.2 Å². The van der Waals surface area contributed by atoms with Gasteiger partial charge in [0, 0.05) is 5.12 Å². The summed E-state index contributed by atoms with van der Waals surface area (Å²) >= 11 is 0. The molecule has 2 heterocycles. The van der Waals surface area contributed by atoms with Gasteiger partial charge in [0.15, 0.2) is 0 Å². The van der Waals surface area contributed by atoms with Crippen LogP contribution in [-0.4, -0.2) is 9.97 Å². The van der Waals surface area contributed by atoms with Crippen LogP contribution in [0, 0.1) is 6.92 Å². The van der Waals surface area contributed by atoms with E-state index in [2.05, 4.69) is 21.8 Å². The Morgan fingerprint density at radius 1 is 1.40 bits per heavy atom. The second-order valence-corrected chi connectivity index (χ2v) is 3.32.